The average Bonchev–Trinajstić information content (AvgIpc) is 3.36. The van der Waals surface area contributed by atoms with Crippen LogP contribution in [0.3, 0.4) is 0 Å². The van der Waals surface area contributed by atoms with Gasteiger partial charge in [-0.1, -0.05) is 6.07 Å². The fourth-order valence-electron chi connectivity index (χ4n) is 3.32. The Hall–Kier alpha value is -5.18. The molecule has 0 N–H and O–H groups in total. The first kappa shape index (κ1) is 17.0. The number of rotatable bonds is 0. The highest BCUT2D eigenvalue weighted by molar-refractivity contribution is 6.10. The lowest BCUT2D eigenvalue weighted by Crippen LogP contribution is -2.02. The van der Waals surface area contributed by atoms with Gasteiger partial charge in [-0.2, -0.15) is 0 Å². The van der Waals surface area contributed by atoms with Crippen molar-refractivity contribution in [2.75, 3.05) is 0 Å². The molecule has 0 saturated carbocycles. The summed E-state index contributed by atoms with van der Waals surface area (Å²) in [6, 6.07) is 12.9. The summed E-state index contributed by atoms with van der Waals surface area (Å²) in [7, 11) is 0. The molecule has 5 aromatic rings. The zero-order valence-corrected chi connectivity index (χ0v) is 15.0. The Morgan fingerprint density at radius 3 is 2.33 bits per heavy atom. The average molecular weight is 386 g/mol. The molecule has 0 aliphatic carbocycles. The molecule has 8 nitrogen and oxygen atoms in total. The standard InChI is InChI=1S/C22H6N6O2/c1-24-17(10-23)21-27-15-5-4-11-6-12-8-16-18(29-22(28-16)20(25-2)26-3)9-13(12)7-14(11)19(15)30-21/h4-9H/b21-17-. The number of hydrogen-bond donors (Lipinski definition) is 0. The molecular formula is C22H6N6O2. The van der Waals surface area contributed by atoms with E-state index >= 15 is 0 Å². The normalized spacial score (nSPS) is 11.7. The predicted molar refractivity (Wildman–Crippen MR) is 108 cm³/mol. The molecule has 0 spiro atoms. The lowest BCUT2D eigenvalue weighted by atomic mass is 10.0. The molecule has 30 heavy (non-hydrogen) atoms. The first-order valence-electron chi connectivity index (χ1n) is 8.50. The number of nitrogens with zero attached hydrogens (tertiary/aromatic N) is 6. The van der Waals surface area contributed by atoms with Gasteiger partial charge in [-0.25, -0.2) is 20.1 Å². The molecule has 5 rings (SSSR count). The second-order valence-electron chi connectivity index (χ2n) is 6.31. The minimum absolute atomic E-state index is 0.00385. The third-order valence-corrected chi connectivity index (χ3v) is 4.66. The Morgan fingerprint density at radius 1 is 0.833 bits per heavy atom. The van der Waals surface area contributed by atoms with Crippen LogP contribution in [0.25, 0.3) is 69.8 Å². The van der Waals surface area contributed by atoms with Crippen molar-refractivity contribution >= 4 is 55.3 Å². The quantitative estimate of drug-likeness (QED) is 0.299. The van der Waals surface area contributed by atoms with E-state index in [0.717, 1.165) is 21.5 Å². The highest BCUT2D eigenvalue weighted by Gasteiger charge is 2.14. The van der Waals surface area contributed by atoms with Crippen molar-refractivity contribution in [3.8, 4) is 6.07 Å². The second-order valence-corrected chi connectivity index (χ2v) is 6.31. The van der Waals surface area contributed by atoms with Crippen molar-refractivity contribution in [3.05, 3.63) is 81.7 Å². The third-order valence-electron chi connectivity index (χ3n) is 4.66. The Bertz CT molecular complexity index is 1810. The molecule has 0 bridgehead atoms. The van der Waals surface area contributed by atoms with Crippen LogP contribution in [0.4, 0.5) is 0 Å². The summed E-state index contributed by atoms with van der Waals surface area (Å²) in [5.41, 5.74) is 1.82. The van der Waals surface area contributed by atoms with E-state index in [0.29, 0.717) is 22.2 Å². The van der Waals surface area contributed by atoms with Crippen molar-refractivity contribution in [2.45, 2.75) is 0 Å². The van der Waals surface area contributed by atoms with Gasteiger partial charge in [0, 0.05) is 5.39 Å². The molecule has 0 amide bonds. The van der Waals surface area contributed by atoms with Gasteiger partial charge in [0.1, 0.15) is 24.2 Å². The van der Waals surface area contributed by atoms with Gasteiger partial charge in [0.25, 0.3) is 0 Å². The second kappa shape index (κ2) is 6.17. The van der Waals surface area contributed by atoms with Crippen LogP contribution in [0.15, 0.2) is 45.2 Å². The van der Waals surface area contributed by atoms with Crippen LogP contribution in [0.2, 0.25) is 0 Å². The smallest absolute Gasteiger partial charge is 0.445 e. The van der Waals surface area contributed by atoms with E-state index in [9.17, 15) is 0 Å². The van der Waals surface area contributed by atoms with Gasteiger partial charge in [0.05, 0.1) is 12.6 Å². The third kappa shape index (κ3) is 2.36. The van der Waals surface area contributed by atoms with E-state index in [1.807, 2.05) is 24.3 Å². The van der Waals surface area contributed by atoms with Crippen LogP contribution >= 0.6 is 0 Å². The summed E-state index contributed by atoms with van der Waals surface area (Å²) >= 11 is 0. The molecule has 136 valence electrons. The SMILES string of the molecule is [C-]#[N+]C([N+]#[C-])=c1nc2cc3cc4ccc5n/c(=C(\C#N)[N+]#[C-])oc5c4cc3cc2o1. The van der Waals surface area contributed by atoms with E-state index in [1.165, 1.54) is 0 Å². The highest BCUT2D eigenvalue weighted by atomic mass is 16.3. The van der Waals surface area contributed by atoms with Crippen LogP contribution in [-0.2, 0) is 0 Å². The molecule has 2 heterocycles. The van der Waals surface area contributed by atoms with Gasteiger partial charge < -0.3 is 8.83 Å². The minimum atomic E-state index is -0.222. The molecule has 0 radical (unpaired) electrons. The van der Waals surface area contributed by atoms with E-state index in [4.69, 9.17) is 33.8 Å². The maximum Gasteiger partial charge on any atom is 0.582 e. The van der Waals surface area contributed by atoms with Crippen molar-refractivity contribution in [2.24, 2.45) is 0 Å². The molecule has 0 atom stereocenters. The molecule has 0 saturated heterocycles. The Kier molecular flexibility index (Phi) is 3.49. The molecule has 0 aliphatic heterocycles. The zero-order chi connectivity index (χ0) is 20.8. The number of nitriles is 1. The fourth-order valence-corrected chi connectivity index (χ4v) is 3.32. The molecule has 2 aromatic heterocycles. The summed E-state index contributed by atoms with van der Waals surface area (Å²) in [6.07, 6.45) is 0. The summed E-state index contributed by atoms with van der Waals surface area (Å²) in [4.78, 5) is 17.9. The number of hydrogen-bond acceptors (Lipinski definition) is 5. The first-order valence-corrected chi connectivity index (χ1v) is 8.50. The Labute approximate surface area is 167 Å². The number of fused-ring (bicyclic) bond motifs is 5. The number of aromatic nitrogens is 2. The zero-order valence-electron chi connectivity index (χ0n) is 15.0. The minimum Gasteiger partial charge on any atom is -0.445 e. The van der Waals surface area contributed by atoms with Gasteiger partial charge in [-0.05, 0) is 46.5 Å². The maximum atomic E-state index is 9.08. The molecule has 0 fully saturated rings. The number of benzene rings is 3. The van der Waals surface area contributed by atoms with Gasteiger partial charge in [0.15, 0.2) is 11.2 Å². The summed E-state index contributed by atoms with van der Waals surface area (Å²) < 4.78 is 11.3. The lowest BCUT2D eigenvalue weighted by molar-refractivity contribution is 0.559. The van der Waals surface area contributed by atoms with Crippen LogP contribution in [0.5, 0.6) is 0 Å². The Morgan fingerprint density at radius 2 is 1.60 bits per heavy atom. The van der Waals surface area contributed by atoms with Crippen molar-refractivity contribution in [1.82, 2.24) is 9.97 Å². The fraction of sp³-hybridized carbons (Fsp3) is 0. The summed E-state index contributed by atoms with van der Waals surface area (Å²) in [5.74, 6) is -0.222. The lowest BCUT2D eigenvalue weighted by Gasteiger charge is -2.02. The van der Waals surface area contributed by atoms with Crippen LogP contribution in [0.1, 0.15) is 0 Å². The molecular weight excluding hydrogens is 380 g/mol. The topological polar surface area (TPSA) is 88.9 Å². The summed E-state index contributed by atoms with van der Waals surface area (Å²) in [6.45, 7) is 21.2. The van der Waals surface area contributed by atoms with Crippen molar-refractivity contribution < 1.29 is 8.83 Å². The van der Waals surface area contributed by atoms with E-state index in [1.54, 1.807) is 18.2 Å². The molecule has 0 aliphatic rings. The number of oxazole rings is 2. The molecule has 8 heteroatoms. The van der Waals surface area contributed by atoms with Crippen LogP contribution in [0, 0.1) is 31.0 Å². The van der Waals surface area contributed by atoms with E-state index in [-0.39, 0.29) is 22.6 Å². The van der Waals surface area contributed by atoms with Crippen LogP contribution in [-0.4, -0.2) is 9.97 Å². The van der Waals surface area contributed by atoms with Gasteiger partial charge >= 0.3 is 17.1 Å². The van der Waals surface area contributed by atoms with Crippen molar-refractivity contribution in [3.63, 3.8) is 0 Å². The monoisotopic (exact) mass is 386 g/mol. The van der Waals surface area contributed by atoms with E-state index in [2.05, 4.69) is 24.5 Å². The van der Waals surface area contributed by atoms with Gasteiger partial charge in [-0.3, -0.25) is 0 Å². The predicted octanol–water partition coefficient (Wildman–Crippen LogP) is 3.73. The first-order chi connectivity index (χ1) is 14.6. The highest BCUT2D eigenvalue weighted by Crippen LogP contribution is 2.30. The summed E-state index contributed by atoms with van der Waals surface area (Å²) in [5, 5.41) is 12.5. The van der Waals surface area contributed by atoms with Gasteiger partial charge in [-0.15, -0.1) is 9.69 Å². The Balaban J connectivity index is 1.87. The molecule has 3 aromatic carbocycles. The van der Waals surface area contributed by atoms with Crippen LogP contribution < -0.4 is 11.1 Å². The van der Waals surface area contributed by atoms with Gasteiger partial charge in [0.2, 0.25) is 5.55 Å². The maximum absolute atomic E-state index is 9.08. The van der Waals surface area contributed by atoms with E-state index < -0.39 is 0 Å². The van der Waals surface area contributed by atoms with Crippen molar-refractivity contribution in [1.29, 1.82) is 5.26 Å². The largest absolute Gasteiger partial charge is 0.582 e. The molecule has 0 unspecified atom stereocenters.